The Morgan fingerprint density at radius 2 is 1.95 bits per heavy atom. The maximum Gasteiger partial charge on any atom is 0.322 e. The molecular formula is C15H22N4O2. The molecule has 2 rings (SSSR count). The molecule has 0 radical (unpaired) electrons. The zero-order valence-electron chi connectivity index (χ0n) is 12.4. The predicted octanol–water partition coefficient (Wildman–Crippen LogP) is 1.45. The van der Waals surface area contributed by atoms with E-state index in [0.717, 1.165) is 18.4 Å². The molecule has 0 spiro atoms. The van der Waals surface area contributed by atoms with Crippen LogP contribution in [0, 0.1) is 0 Å². The fourth-order valence-corrected chi connectivity index (χ4v) is 1.88. The first-order valence-corrected chi connectivity index (χ1v) is 7.12. The van der Waals surface area contributed by atoms with Crippen molar-refractivity contribution in [2.24, 2.45) is 5.73 Å². The number of carbonyl (C=O) groups excluding carboxylic acids is 2. The minimum atomic E-state index is -0.311. The van der Waals surface area contributed by atoms with E-state index < -0.39 is 0 Å². The zero-order valence-corrected chi connectivity index (χ0v) is 12.4. The van der Waals surface area contributed by atoms with Gasteiger partial charge in [-0.15, -0.1) is 0 Å². The molecule has 4 N–H and O–H groups in total. The van der Waals surface area contributed by atoms with Crippen LogP contribution in [0.5, 0.6) is 0 Å². The predicted molar refractivity (Wildman–Crippen MR) is 81.9 cm³/mol. The van der Waals surface area contributed by atoms with E-state index >= 15 is 0 Å². The number of hydrogen-bond acceptors (Lipinski definition) is 3. The third-order valence-electron chi connectivity index (χ3n) is 3.36. The van der Waals surface area contributed by atoms with Crippen LogP contribution < -0.4 is 16.4 Å². The molecule has 1 aliphatic carbocycles. The van der Waals surface area contributed by atoms with E-state index in [1.807, 2.05) is 19.1 Å². The molecule has 1 fully saturated rings. The molecule has 0 aromatic heterocycles. The van der Waals surface area contributed by atoms with Gasteiger partial charge in [0.05, 0.1) is 0 Å². The average Bonchev–Trinajstić information content (AvgIpc) is 3.22. The number of hydrogen-bond donors (Lipinski definition) is 3. The molecular weight excluding hydrogens is 268 g/mol. The van der Waals surface area contributed by atoms with Gasteiger partial charge < -0.3 is 21.3 Å². The Morgan fingerprint density at radius 1 is 1.33 bits per heavy atom. The Bertz CT molecular complexity index is 509. The number of carbonyl (C=O) groups is 2. The van der Waals surface area contributed by atoms with Crippen LogP contribution in [0.1, 0.15) is 31.4 Å². The van der Waals surface area contributed by atoms with E-state index in [4.69, 9.17) is 5.73 Å². The van der Waals surface area contributed by atoms with Crippen LogP contribution in [-0.4, -0.2) is 36.5 Å². The van der Waals surface area contributed by atoms with Crippen LogP contribution in [0.2, 0.25) is 0 Å². The third-order valence-corrected chi connectivity index (χ3v) is 3.36. The number of rotatable bonds is 5. The first kappa shape index (κ1) is 15.3. The minimum absolute atomic E-state index is 0.0384. The molecule has 1 saturated carbocycles. The van der Waals surface area contributed by atoms with Gasteiger partial charge in [0.1, 0.15) is 6.54 Å². The molecule has 1 aliphatic rings. The summed E-state index contributed by atoms with van der Waals surface area (Å²) in [7, 11) is 1.60. The molecule has 6 heteroatoms. The van der Waals surface area contributed by atoms with Gasteiger partial charge in [-0.05, 0) is 37.5 Å². The van der Waals surface area contributed by atoms with Gasteiger partial charge in [-0.2, -0.15) is 0 Å². The van der Waals surface area contributed by atoms with Crippen molar-refractivity contribution in [3.63, 3.8) is 0 Å². The Kier molecular flexibility index (Phi) is 4.80. The number of anilines is 1. The summed E-state index contributed by atoms with van der Waals surface area (Å²) in [6.07, 6.45) is 2.07. The lowest BCUT2D eigenvalue weighted by Gasteiger charge is -2.17. The molecule has 114 valence electrons. The summed E-state index contributed by atoms with van der Waals surface area (Å²) < 4.78 is 0. The zero-order chi connectivity index (χ0) is 15.4. The third kappa shape index (κ3) is 4.75. The van der Waals surface area contributed by atoms with Crippen LogP contribution >= 0.6 is 0 Å². The van der Waals surface area contributed by atoms with Crippen molar-refractivity contribution >= 4 is 17.6 Å². The Morgan fingerprint density at radius 3 is 2.48 bits per heavy atom. The number of urea groups is 1. The first-order chi connectivity index (χ1) is 9.95. The minimum Gasteiger partial charge on any atom is -0.352 e. The fraction of sp³-hybridized carbons (Fsp3) is 0.467. The van der Waals surface area contributed by atoms with Crippen molar-refractivity contribution in [2.75, 3.05) is 18.9 Å². The molecule has 1 unspecified atom stereocenters. The van der Waals surface area contributed by atoms with Crippen molar-refractivity contribution in [3.05, 3.63) is 29.8 Å². The Labute approximate surface area is 124 Å². The second kappa shape index (κ2) is 6.58. The van der Waals surface area contributed by atoms with Gasteiger partial charge in [-0.1, -0.05) is 12.1 Å². The summed E-state index contributed by atoms with van der Waals surface area (Å²) in [6, 6.07) is 7.31. The Hall–Kier alpha value is -2.08. The normalized spacial score (nSPS) is 15.2. The van der Waals surface area contributed by atoms with E-state index in [-0.39, 0.29) is 24.5 Å². The van der Waals surface area contributed by atoms with Crippen molar-refractivity contribution in [3.8, 4) is 0 Å². The van der Waals surface area contributed by atoms with E-state index in [1.54, 1.807) is 19.2 Å². The second-order valence-corrected chi connectivity index (χ2v) is 5.54. The number of nitrogens with one attached hydrogen (secondary N) is 2. The molecule has 3 amide bonds. The molecule has 1 aromatic carbocycles. The average molecular weight is 290 g/mol. The first-order valence-electron chi connectivity index (χ1n) is 7.12. The lowest BCUT2D eigenvalue weighted by molar-refractivity contribution is -0.121. The summed E-state index contributed by atoms with van der Waals surface area (Å²) in [5, 5.41) is 5.60. The van der Waals surface area contributed by atoms with Gasteiger partial charge in [0, 0.05) is 24.8 Å². The highest BCUT2D eigenvalue weighted by atomic mass is 16.2. The Balaban J connectivity index is 1.83. The highest BCUT2D eigenvalue weighted by molar-refractivity contribution is 5.92. The monoisotopic (exact) mass is 290 g/mol. The number of nitrogens with zero attached hydrogens (tertiary/aromatic N) is 1. The van der Waals surface area contributed by atoms with Crippen LogP contribution in [-0.2, 0) is 4.79 Å². The van der Waals surface area contributed by atoms with Crippen molar-refractivity contribution in [1.29, 1.82) is 0 Å². The topological polar surface area (TPSA) is 87.5 Å². The van der Waals surface area contributed by atoms with E-state index in [1.165, 1.54) is 4.90 Å². The van der Waals surface area contributed by atoms with Gasteiger partial charge in [-0.3, -0.25) is 4.79 Å². The standard InChI is InChI=1S/C15H22N4O2/c1-10(16)11-3-5-13(6-4-11)18-15(21)19(2)9-14(20)17-12-7-8-12/h3-6,10,12H,7-9,16H2,1-2H3,(H,17,20)(H,18,21). The maximum atomic E-state index is 12.0. The van der Waals surface area contributed by atoms with Crippen molar-refractivity contribution < 1.29 is 9.59 Å². The quantitative estimate of drug-likeness (QED) is 0.767. The number of amides is 3. The lowest BCUT2D eigenvalue weighted by Crippen LogP contribution is -2.41. The SMILES string of the molecule is CC(N)c1ccc(NC(=O)N(C)CC(=O)NC2CC2)cc1. The molecule has 1 aromatic rings. The summed E-state index contributed by atoms with van der Waals surface area (Å²) in [5.41, 5.74) is 7.46. The van der Waals surface area contributed by atoms with Crippen LogP contribution in [0.4, 0.5) is 10.5 Å². The highest BCUT2D eigenvalue weighted by Crippen LogP contribution is 2.18. The molecule has 6 nitrogen and oxygen atoms in total. The van der Waals surface area contributed by atoms with Crippen LogP contribution in [0.25, 0.3) is 0 Å². The van der Waals surface area contributed by atoms with Crippen LogP contribution in [0.15, 0.2) is 24.3 Å². The van der Waals surface area contributed by atoms with Crippen molar-refractivity contribution in [2.45, 2.75) is 31.8 Å². The number of likely N-dealkylation sites (N-methyl/N-ethyl adjacent to an activating group) is 1. The van der Waals surface area contributed by atoms with Gasteiger partial charge in [0.15, 0.2) is 0 Å². The van der Waals surface area contributed by atoms with E-state index in [9.17, 15) is 9.59 Å². The molecule has 1 atom stereocenters. The molecule has 0 heterocycles. The van der Waals surface area contributed by atoms with Crippen LogP contribution in [0.3, 0.4) is 0 Å². The fourth-order valence-electron chi connectivity index (χ4n) is 1.88. The number of nitrogens with two attached hydrogens (primary N) is 1. The largest absolute Gasteiger partial charge is 0.352 e. The number of benzene rings is 1. The maximum absolute atomic E-state index is 12.0. The van der Waals surface area contributed by atoms with Gasteiger partial charge in [0.25, 0.3) is 0 Å². The van der Waals surface area contributed by atoms with Crippen molar-refractivity contribution in [1.82, 2.24) is 10.2 Å². The summed E-state index contributed by atoms with van der Waals surface area (Å²) in [6.45, 7) is 1.96. The van der Waals surface area contributed by atoms with Gasteiger partial charge in [-0.25, -0.2) is 4.79 Å². The summed E-state index contributed by atoms with van der Waals surface area (Å²) in [5.74, 6) is -0.123. The molecule has 21 heavy (non-hydrogen) atoms. The molecule has 0 bridgehead atoms. The highest BCUT2D eigenvalue weighted by Gasteiger charge is 2.24. The van der Waals surface area contributed by atoms with E-state index in [2.05, 4.69) is 10.6 Å². The lowest BCUT2D eigenvalue weighted by atomic mass is 10.1. The molecule has 0 saturated heterocycles. The summed E-state index contributed by atoms with van der Waals surface area (Å²) >= 11 is 0. The second-order valence-electron chi connectivity index (χ2n) is 5.54. The smallest absolute Gasteiger partial charge is 0.322 e. The van der Waals surface area contributed by atoms with Gasteiger partial charge >= 0.3 is 6.03 Å². The van der Waals surface area contributed by atoms with E-state index in [0.29, 0.717) is 11.7 Å². The molecule has 0 aliphatic heterocycles. The van der Waals surface area contributed by atoms with Gasteiger partial charge in [0.2, 0.25) is 5.91 Å². The summed E-state index contributed by atoms with van der Waals surface area (Å²) in [4.78, 5) is 25.0.